The monoisotopic (exact) mass is 413 g/mol. The molecule has 1 heterocycles. The molecule has 2 rings (SSSR count). The Labute approximate surface area is 179 Å². The summed E-state index contributed by atoms with van der Waals surface area (Å²) in [6.07, 6.45) is 9.16. The number of rotatable bonds is 14. The topological polar surface area (TPSA) is 27.1 Å². The van der Waals surface area contributed by atoms with Crippen molar-refractivity contribution >= 4 is 0 Å². The van der Waals surface area contributed by atoms with Crippen LogP contribution in [0.4, 0.5) is 8.78 Å². The summed E-state index contributed by atoms with van der Waals surface area (Å²) < 4.78 is 27.4. The van der Waals surface area contributed by atoms with Crippen molar-refractivity contribution in [1.82, 2.24) is 15.5 Å². The van der Waals surface area contributed by atoms with Gasteiger partial charge in [-0.3, -0.25) is 0 Å². The highest BCUT2D eigenvalue weighted by Gasteiger charge is 2.22. The van der Waals surface area contributed by atoms with Crippen molar-refractivity contribution in [3.63, 3.8) is 0 Å². The van der Waals surface area contributed by atoms with Gasteiger partial charge in [0.25, 0.3) is 0 Å². The highest BCUT2D eigenvalue weighted by atomic mass is 19.1. The molecular weight excluding hydrogens is 380 g/mol. The van der Waals surface area contributed by atoms with Crippen LogP contribution in [0.1, 0.15) is 37.3 Å². The lowest BCUT2D eigenvalue weighted by atomic mass is 10.1. The lowest BCUT2D eigenvalue weighted by molar-refractivity contribution is 0.522. The quantitative estimate of drug-likeness (QED) is 0.312. The lowest BCUT2D eigenvalue weighted by Crippen LogP contribution is -2.24. The van der Waals surface area contributed by atoms with Crippen LogP contribution < -0.4 is 10.6 Å². The van der Waals surface area contributed by atoms with E-state index in [-0.39, 0.29) is 12.1 Å². The minimum atomic E-state index is -0.525. The molecule has 5 heteroatoms. The highest BCUT2D eigenvalue weighted by molar-refractivity contribution is 5.38. The van der Waals surface area contributed by atoms with Gasteiger partial charge in [0.15, 0.2) is 0 Å². The van der Waals surface area contributed by atoms with Gasteiger partial charge in [0.2, 0.25) is 0 Å². The summed E-state index contributed by atoms with van der Waals surface area (Å²) in [5, 5.41) is 6.57. The molecule has 0 atom stereocenters. The fraction of sp³-hybridized carbons (Fsp3) is 0.360. The molecule has 0 unspecified atom stereocenters. The lowest BCUT2D eigenvalue weighted by Gasteiger charge is -2.12. The minimum absolute atomic E-state index is 0.0471. The highest BCUT2D eigenvalue weighted by Crippen LogP contribution is 2.26. The maximum Gasteiger partial charge on any atom is 0.134 e. The predicted octanol–water partition coefficient (Wildman–Crippen LogP) is 5.48. The van der Waals surface area contributed by atoms with Gasteiger partial charge in [0, 0.05) is 37.0 Å². The van der Waals surface area contributed by atoms with E-state index in [2.05, 4.69) is 41.3 Å². The second-order valence-electron chi connectivity index (χ2n) is 7.64. The summed E-state index contributed by atoms with van der Waals surface area (Å²) in [5.41, 5.74) is 4.55. The molecule has 1 aliphatic rings. The first kappa shape index (κ1) is 23.6. The number of benzene rings is 1. The maximum atomic E-state index is 14.1. The van der Waals surface area contributed by atoms with E-state index in [1.807, 2.05) is 19.2 Å². The van der Waals surface area contributed by atoms with Crippen molar-refractivity contribution in [2.75, 3.05) is 19.6 Å². The molecule has 0 aromatic heterocycles. The number of nitrogens with zero attached hydrogens (tertiary/aromatic N) is 1. The Morgan fingerprint density at radius 2 is 1.93 bits per heavy atom. The van der Waals surface area contributed by atoms with E-state index in [9.17, 15) is 8.78 Å². The summed E-state index contributed by atoms with van der Waals surface area (Å²) in [5.74, 6) is -1.03. The Hall–Kier alpha value is -2.66. The maximum absolute atomic E-state index is 14.1. The van der Waals surface area contributed by atoms with Crippen molar-refractivity contribution in [2.24, 2.45) is 0 Å². The zero-order valence-electron chi connectivity index (χ0n) is 18.2. The fourth-order valence-corrected chi connectivity index (χ4v) is 3.08. The first-order chi connectivity index (χ1) is 14.3. The second kappa shape index (κ2) is 11.5. The van der Waals surface area contributed by atoms with Gasteiger partial charge < -0.3 is 15.5 Å². The first-order valence-electron chi connectivity index (χ1n) is 10.4. The third-order valence-electron chi connectivity index (χ3n) is 5.11. The van der Waals surface area contributed by atoms with Crippen LogP contribution >= 0.6 is 0 Å². The van der Waals surface area contributed by atoms with Crippen LogP contribution in [0.25, 0.3) is 0 Å². The van der Waals surface area contributed by atoms with Crippen LogP contribution in [0.5, 0.6) is 0 Å². The Morgan fingerprint density at radius 1 is 1.17 bits per heavy atom. The molecule has 1 aromatic rings. The molecule has 3 nitrogen and oxygen atoms in total. The van der Waals surface area contributed by atoms with Crippen molar-refractivity contribution in [1.29, 1.82) is 0 Å². The fourth-order valence-electron chi connectivity index (χ4n) is 3.08. The largest absolute Gasteiger partial charge is 0.380 e. The Morgan fingerprint density at radius 3 is 2.67 bits per heavy atom. The van der Waals surface area contributed by atoms with E-state index in [0.29, 0.717) is 5.56 Å². The summed E-state index contributed by atoms with van der Waals surface area (Å²) in [6.45, 7) is 18.3. The standard InChI is InChI=1S/C25H33F2N3/c1-6-18(2)15-19(3)9-7-8-12-28-13-14-30-17-24(30)21(5)29-16-22-10-11-23(26)20(4)25(22)27/h6,10-11,15,17,28-29H,1,3,5,7-9,12-14,16H2,2,4H3/b18-15+. The van der Waals surface area contributed by atoms with Crippen molar-refractivity contribution < 1.29 is 8.78 Å². The number of nitrogens with one attached hydrogen (secondary N) is 2. The van der Waals surface area contributed by atoms with Gasteiger partial charge in [-0.15, -0.1) is 0 Å². The van der Waals surface area contributed by atoms with E-state index in [1.54, 1.807) is 0 Å². The minimum Gasteiger partial charge on any atom is -0.380 e. The summed E-state index contributed by atoms with van der Waals surface area (Å²) >= 11 is 0. The normalized spacial score (nSPS) is 13.1. The Bertz CT molecular complexity index is 852. The molecule has 0 spiro atoms. The molecule has 1 aliphatic heterocycles. The van der Waals surface area contributed by atoms with E-state index >= 15 is 0 Å². The molecule has 2 N–H and O–H groups in total. The smallest absolute Gasteiger partial charge is 0.134 e. The van der Waals surface area contributed by atoms with Crippen LogP contribution in [0.2, 0.25) is 0 Å². The van der Waals surface area contributed by atoms with Gasteiger partial charge in [-0.25, -0.2) is 8.78 Å². The number of hydrogen-bond donors (Lipinski definition) is 2. The first-order valence-corrected chi connectivity index (χ1v) is 10.4. The van der Waals surface area contributed by atoms with E-state index in [4.69, 9.17) is 0 Å². The van der Waals surface area contributed by atoms with Gasteiger partial charge in [-0.05, 0) is 45.7 Å². The Kier molecular flexibility index (Phi) is 9.06. The van der Waals surface area contributed by atoms with Crippen molar-refractivity contribution in [2.45, 2.75) is 39.7 Å². The number of allylic oxidation sites excluding steroid dienone is 4. The summed E-state index contributed by atoms with van der Waals surface area (Å²) in [7, 11) is 0. The molecule has 0 saturated heterocycles. The number of unbranched alkanes of at least 4 members (excludes halogenated alkanes) is 1. The average molecular weight is 414 g/mol. The number of halogens is 2. The molecule has 0 saturated carbocycles. The van der Waals surface area contributed by atoms with Gasteiger partial charge in [-0.2, -0.15) is 0 Å². The van der Waals surface area contributed by atoms with Crippen LogP contribution in [-0.4, -0.2) is 24.5 Å². The number of hydrogen-bond acceptors (Lipinski definition) is 3. The zero-order chi connectivity index (χ0) is 22.1. The van der Waals surface area contributed by atoms with Crippen LogP contribution in [0.15, 0.2) is 72.8 Å². The van der Waals surface area contributed by atoms with Crippen LogP contribution in [0.3, 0.4) is 0 Å². The summed E-state index contributed by atoms with van der Waals surface area (Å²) in [4.78, 5) is 2.11. The average Bonchev–Trinajstić information content (AvgIpc) is 3.50. The third-order valence-corrected chi connectivity index (χ3v) is 5.11. The molecule has 0 fully saturated rings. The van der Waals surface area contributed by atoms with E-state index in [0.717, 1.165) is 61.4 Å². The van der Waals surface area contributed by atoms with Crippen molar-refractivity contribution in [3.8, 4) is 0 Å². The van der Waals surface area contributed by atoms with Gasteiger partial charge in [0.05, 0.1) is 11.4 Å². The summed E-state index contributed by atoms with van der Waals surface area (Å²) in [6, 6.07) is 2.76. The van der Waals surface area contributed by atoms with Gasteiger partial charge in [-0.1, -0.05) is 49.1 Å². The molecule has 0 aliphatic carbocycles. The van der Waals surface area contributed by atoms with Gasteiger partial charge >= 0.3 is 0 Å². The zero-order valence-corrected chi connectivity index (χ0v) is 18.2. The van der Waals surface area contributed by atoms with Crippen LogP contribution in [-0.2, 0) is 6.54 Å². The molecule has 1 aromatic carbocycles. The second-order valence-corrected chi connectivity index (χ2v) is 7.64. The van der Waals surface area contributed by atoms with Gasteiger partial charge in [0.1, 0.15) is 11.6 Å². The molecule has 0 amide bonds. The SMILES string of the molecule is C=C/C(C)=C/C(=C)CCCCNCCN1C=C1C(=C)NCc1ccc(F)c(C)c1F. The third kappa shape index (κ3) is 7.30. The van der Waals surface area contributed by atoms with E-state index in [1.165, 1.54) is 19.1 Å². The molecular formula is C25H33F2N3. The molecule has 162 valence electrons. The van der Waals surface area contributed by atoms with Crippen LogP contribution in [0, 0.1) is 18.6 Å². The molecule has 0 radical (unpaired) electrons. The molecule has 30 heavy (non-hydrogen) atoms. The molecule has 0 bridgehead atoms. The predicted molar refractivity (Wildman–Crippen MR) is 122 cm³/mol. The Balaban J connectivity index is 1.55. The van der Waals surface area contributed by atoms with Crippen molar-refractivity contribution in [3.05, 3.63) is 95.5 Å². The van der Waals surface area contributed by atoms with E-state index < -0.39 is 11.6 Å².